The highest BCUT2D eigenvalue weighted by Gasteiger charge is 2.42. The molecular formula is C19H24ClFN2O3S. The van der Waals surface area contributed by atoms with Gasteiger partial charge >= 0.3 is 0 Å². The molecule has 1 aliphatic heterocycles. The van der Waals surface area contributed by atoms with E-state index < -0.39 is 17.3 Å². The molecule has 27 heavy (non-hydrogen) atoms. The maximum atomic E-state index is 13.5. The highest BCUT2D eigenvalue weighted by molar-refractivity contribution is 8.04. The molecule has 0 fully saturated rings. The second-order valence-electron chi connectivity index (χ2n) is 7.23. The Labute approximate surface area is 168 Å². The SMILES string of the molecule is CC1=C(SCC(C)C)C(=O)N(C(C)(C)C(=O)Nc2cc(F)ccc2Cl)CO1. The molecule has 0 aromatic heterocycles. The number of amides is 2. The van der Waals surface area contributed by atoms with Gasteiger partial charge in [0.15, 0.2) is 6.73 Å². The van der Waals surface area contributed by atoms with Gasteiger partial charge in [-0.05, 0) is 44.9 Å². The van der Waals surface area contributed by atoms with E-state index in [1.54, 1.807) is 20.8 Å². The van der Waals surface area contributed by atoms with Gasteiger partial charge in [0.1, 0.15) is 22.0 Å². The Balaban J connectivity index is 2.21. The number of hydrogen-bond acceptors (Lipinski definition) is 4. The van der Waals surface area contributed by atoms with E-state index in [0.29, 0.717) is 16.6 Å². The van der Waals surface area contributed by atoms with Gasteiger partial charge in [0, 0.05) is 5.75 Å². The number of hydrogen-bond donors (Lipinski definition) is 1. The molecule has 1 aromatic rings. The molecular weight excluding hydrogens is 391 g/mol. The Morgan fingerprint density at radius 2 is 2.11 bits per heavy atom. The summed E-state index contributed by atoms with van der Waals surface area (Å²) in [6.07, 6.45) is 0. The molecule has 0 saturated carbocycles. The third-order valence-corrected chi connectivity index (χ3v) is 6.05. The standard InChI is InChI=1S/C19H24ClFN2O3S/c1-11(2)9-27-16-12(3)26-10-23(17(16)24)19(4,5)18(25)22-15-8-13(21)6-7-14(15)20/h6-8,11H,9-10H2,1-5H3,(H,22,25). The summed E-state index contributed by atoms with van der Waals surface area (Å²) in [4.78, 5) is 27.7. The third-order valence-electron chi connectivity index (χ3n) is 4.14. The van der Waals surface area contributed by atoms with Gasteiger partial charge < -0.3 is 10.1 Å². The molecule has 0 spiro atoms. The maximum Gasteiger partial charge on any atom is 0.267 e. The number of carbonyl (C=O) groups excluding carboxylic acids is 2. The van der Waals surface area contributed by atoms with Crippen LogP contribution >= 0.6 is 23.4 Å². The van der Waals surface area contributed by atoms with Crippen LogP contribution in [0.2, 0.25) is 5.02 Å². The van der Waals surface area contributed by atoms with Crippen LogP contribution in [0.25, 0.3) is 0 Å². The number of halogens is 2. The summed E-state index contributed by atoms with van der Waals surface area (Å²) in [5.74, 6) is 0.475. The van der Waals surface area contributed by atoms with Gasteiger partial charge in [-0.1, -0.05) is 25.4 Å². The van der Waals surface area contributed by atoms with Crippen LogP contribution in [0, 0.1) is 11.7 Å². The maximum absolute atomic E-state index is 13.5. The molecule has 1 heterocycles. The van der Waals surface area contributed by atoms with E-state index in [1.807, 2.05) is 0 Å². The predicted octanol–water partition coefficient (Wildman–Crippen LogP) is 4.63. The summed E-state index contributed by atoms with van der Waals surface area (Å²) in [6, 6.07) is 3.71. The summed E-state index contributed by atoms with van der Waals surface area (Å²) in [5, 5.41) is 2.82. The van der Waals surface area contributed by atoms with Crippen molar-refractivity contribution in [2.45, 2.75) is 40.2 Å². The van der Waals surface area contributed by atoms with Crippen molar-refractivity contribution in [1.29, 1.82) is 0 Å². The first-order valence-electron chi connectivity index (χ1n) is 8.59. The summed E-state index contributed by atoms with van der Waals surface area (Å²) >= 11 is 7.44. The molecule has 2 rings (SSSR count). The average molecular weight is 415 g/mol. The number of nitrogens with zero attached hydrogens (tertiary/aromatic N) is 1. The van der Waals surface area contributed by atoms with Crippen LogP contribution in [-0.2, 0) is 14.3 Å². The monoisotopic (exact) mass is 414 g/mol. The van der Waals surface area contributed by atoms with E-state index in [4.69, 9.17) is 16.3 Å². The van der Waals surface area contributed by atoms with Crippen molar-refractivity contribution < 1.29 is 18.7 Å². The van der Waals surface area contributed by atoms with Crippen molar-refractivity contribution in [3.8, 4) is 0 Å². The number of nitrogens with one attached hydrogen (secondary N) is 1. The molecule has 2 amide bonds. The molecule has 1 aromatic carbocycles. The first kappa shape index (κ1) is 21.6. The summed E-state index contributed by atoms with van der Waals surface area (Å²) < 4.78 is 19.1. The van der Waals surface area contributed by atoms with Gasteiger partial charge in [-0.15, -0.1) is 11.8 Å². The van der Waals surface area contributed by atoms with Crippen molar-refractivity contribution in [3.63, 3.8) is 0 Å². The highest BCUT2D eigenvalue weighted by Crippen LogP contribution is 2.33. The molecule has 0 atom stereocenters. The molecule has 1 N–H and O–H groups in total. The van der Waals surface area contributed by atoms with Crippen molar-refractivity contribution >= 4 is 40.9 Å². The first-order valence-corrected chi connectivity index (χ1v) is 9.95. The largest absolute Gasteiger partial charge is 0.476 e. The zero-order valence-corrected chi connectivity index (χ0v) is 17.6. The van der Waals surface area contributed by atoms with Gasteiger partial charge in [-0.2, -0.15) is 0 Å². The fourth-order valence-electron chi connectivity index (χ4n) is 2.38. The Morgan fingerprint density at radius 3 is 2.74 bits per heavy atom. The number of thioether (sulfide) groups is 1. The fourth-order valence-corrected chi connectivity index (χ4v) is 3.54. The van der Waals surface area contributed by atoms with Crippen LogP contribution in [0.5, 0.6) is 0 Å². The molecule has 0 saturated heterocycles. The molecule has 0 radical (unpaired) electrons. The van der Waals surface area contributed by atoms with Gasteiger partial charge in [0.2, 0.25) is 5.91 Å². The Morgan fingerprint density at radius 1 is 1.44 bits per heavy atom. The van der Waals surface area contributed by atoms with Crippen molar-refractivity contribution in [3.05, 3.63) is 39.7 Å². The van der Waals surface area contributed by atoms with E-state index in [0.717, 1.165) is 11.8 Å². The minimum absolute atomic E-state index is 0.0340. The van der Waals surface area contributed by atoms with Gasteiger partial charge in [-0.25, -0.2) is 4.39 Å². The molecule has 0 aliphatic carbocycles. The summed E-state index contributed by atoms with van der Waals surface area (Å²) in [6.45, 7) is 9.07. The highest BCUT2D eigenvalue weighted by atomic mass is 35.5. The minimum atomic E-state index is -1.23. The number of carbonyl (C=O) groups is 2. The van der Waals surface area contributed by atoms with Gasteiger partial charge in [-0.3, -0.25) is 14.5 Å². The molecule has 0 unspecified atom stereocenters. The molecule has 0 bridgehead atoms. The van der Waals surface area contributed by atoms with E-state index in [2.05, 4.69) is 19.2 Å². The van der Waals surface area contributed by atoms with Gasteiger partial charge in [0.05, 0.1) is 10.7 Å². The lowest BCUT2D eigenvalue weighted by molar-refractivity contribution is -0.148. The first-order chi connectivity index (χ1) is 12.5. The Hall–Kier alpha value is -1.73. The van der Waals surface area contributed by atoms with E-state index in [9.17, 15) is 14.0 Å². The van der Waals surface area contributed by atoms with E-state index in [1.165, 1.54) is 28.8 Å². The number of anilines is 1. The zero-order chi connectivity index (χ0) is 20.4. The molecule has 148 valence electrons. The van der Waals surface area contributed by atoms with Crippen LogP contribution in [-0.4, -0.2) is 34.7 Å². The van der Waals surface area contributed by atoms with Crippen LogP contribution in [0.15, 0.2) is 28.9 Å². The van der Waals surface area contributed by atoms with Crippen LogP contribution in [0.3, 0.4) is 0 Å². The molecule has 8 heteroatoms. The number of allylic oxidation sites excluding steroid dienone is 1. The summed E-state index contributed by atoms with van der Waals surface area (Å²) in [5.41, 5.74) is -1.07. The molecule has 1 aliphatic rings. The number of rotatable bonds is 6. The van der Waals surface area contributed by atoms with Crippen molar-refractivity contribution in [2.24, 2.45) is 5.92 Å². The quantitative estimate of drug-likeness (QED) is 0.737. The third kappa shape index (κ3) is 4.96. The van der Waals surface area contributed by atoms with Crippen molar-refractivity contribution in [1.82, 2.24) is 4.90 Å². The lowest BCUT2D eigenvalue weighted by Gasteiger charge is -2.40. The minimum Gasteiger partial charge on any atom is -0.476 e. The van der Waals surface area contributed by atoms with Crippen LogP contribution in [0.1, 0.15) is 34.6 Å². The van der Waals surface area contributed by atoms with E-state index in [-0.39, 0.29) is 23.3 Å². The van der Waals surface area contributed by atoms with Crippen LogP contribution in [0.4, 0.5) is 10.1 Å². The van der Waals surface area contributed by atoms with E-state index >= 15 is 0 Å². The topological polar surface area (TPSA) is 58.6 Å². The smallest absolute Gasteiger partial charge is 0.267 e. The Bertz CT molecular complexity index is 780. The lowest BCUT2D eigenvalue weighted by atomic mass is 10.0. The molecule has 5 nitrogen and oxygen atoms in total. The Kier molecular flexibility index (Phi) is 6.81. The van der Waals surface area contributed by atoms with Crippen LogP contribution < -0.4 is 5.32 Å². The predicted molar refractivity (Wildman–Crippen MR) is 107 cm³/mol. The zero-order valence-electron chi connectivity index (χ0n) is 16.1. The fraction of sp³-hybridized carbons (Fsp3) is 0.474. The normalized spacial score (nSPS) is 15.3. The van der Waals surface area contributed by atoms with Crippen molar-refractivity contribution in [2.75, 3.05) is 17.8 Å². The second-order valence-corrected chi connectivity index (χ2v) is 8.67. The second kappa shape index (κ2) is 8.52. The summed E-state index contributed by atoms with van der Waals surface area (Å²) in [7, 11) is 0. The number of ether oxygens (including phenoxy) is 1. The number of benzene rings is 1. The average Bonchev–Trinajstić information content (AvgIpc) is 2.57. The lowest BCUT2D eigenvalue weighted by Crippen LogP contribution is -2.57. The van der Waals surface area contributed by atoms with Gasteiger partial charge in [0.25, 0.3) is 5.91 Å².